The van der Waals surface area contributed by atoms with Crippen LogP contribution in [0, 0.1) is 0 Å². The van der Waals surface area contributed by atoms with Crippen molar-refractivity contribution in [3.05, 3.63) is 11.5 Å². The van der Waals surface area contributed by atoms with Gasteiger partial charge in [-0.3, -0.25) is 0 Å². The topological polar surface area (TPSA) is 58.3 Å². The zero-order valence-corrected chi connectivity index (χ0v) is 10.3. The van der Waals surface area contributed by atoms with Crippen LogP contribution in [0.4, 0.5) is 11.5 Å². The normalized spacial score (nSPS) is 22.4. The van der Waals surface area contributed by atoms with Crippen LogP contribution in [0.3, 0.4) is 0 Å². The van der Waals surface area contributed by atoms with Crippen molar-refractivity contribution in [2.45, 2.75) is 13.0 Å². The number of hydrogen-bond donors (Lipinski definition) is 1. The Bertz CT molecular complexity index is 383. The third-order valence-corrected chi connectivity index (χ3v) is 3.22. The third-order valence-electron chi connectivity index (χ3n) is 2.92. The van der Waals surface area contributed by atoms with E-state index in [9.17, 15) is 0 Å². The van der Waals surface area contributed by atoms with E-state index in [-0.39, 0.29) is 0 Å². The first-order chi connectivity index (χ1) is 7.59. The summed E-state index contributed by atoms with van der Waals surface area (Å²) in [5.41, 5.74) is 6.37. The van der Waals surface area contributed by atoms with Crippen LogP contribution in [0.25, 0.3) is 0 Å². The number of piperazine rings is 1. The summed E-state index contributed by atoms with van der Waals surface area (Å²) in [6.07, 6.45) is 1.46. The molecule has 1 aliphatic heterocycles. The number of nitrogens with two attached hydrogens (primary N) is 1. The Hall–Kier alpha value is -1.07. The van der Waals surface area contributed by atoms with Crippen molar-refractivity contribution in [2.75, 3.05) is 37.3 Å². The van der Waals surface area contributed by atoms with Gasteiger partial charge in [0.1, 0.15) is 12.0 Å². The van der Waals surface area contributed by atoms with Crippen molar-refractivity contribution in [3.8, 4) is 0 Å². The first-order valence-electron chi connectivity index (χ1n) is 5.30. The number of nitrogen functional groups attached to an aromatic ring is 1. The minimum Gasteiger partial charge on any atom is -0.393 e. The van der Waals surface area contributed by atoms with Crippen molar-refractivity contribution in [3.63, 3.8) is 0 Å². The van der Waals surface area contributed by atoms with Crippen LogP contribution >= 0.6 is 11.6 Å². The predicted molar refractivity (Wildman–Crippen MR) is 65.8 cm³/mol. The van der Waals surface area contributed by atoms with Crippen LogP contribution in [0.5, 0.6) is 0 Å². The van der Waals surface area contributed by atoms with E-state index in [1.165, 1.54) is 6.33 Å². The fourth-order valence-electron chi connectivity index (χ4n) is 2.05. The summed E-state index contributed by atoms with van der Waals surface area (Å²) in [6.45, 7) is 5.08. The molecule has 1 saturated heterocycles. The first-order valence-corrected chi connectivity index (χ1v) is 5.68. The molecule has 5 nitrogen and oxygen atoms in total. The third kappa shape index (κ3) is 2.05. The minimum atomic E-state index is 0.330. The number of anilines is 2. The number of aromatic nitrogens is 2. The Morgan fingerprint density at radius 1 is 1.44 bits per heavy atom. The van der Waals surface area contributed by atoms with Gasteiger partial charge >= 0.3 is 0 Å². The molecule has 1 fully saturated rings. The largest absolute Gasteiger partial charge is 0.393 e. The summed E-state index contributed by atoms with van der Waals surface area (Å²) in [5, 5.41) is 0.330. The molecule has 1 aromatic heterocycles. The van der Waals surface area contributed by atoms with Gasteiger partial charge in [0.25, 0.3) is 0 Å². The first kappa shape index (κ1) is 11.4. The summed E-state index contributed by atoms with van der Waals surface area (Å²) in [4.78, 5) is 12.6. The molecular formula is C10H16ClN5. The van der Waals surface area contributed by atoms with Crippen LogP contribution in [-0.2, 0) is 0 Å². The molecule has 0 saturated carbocycles. The van der Waals surface area contributed by atoms with Gasteiger partial charge in [0, 0.05) is 25.7 Å². The van der Waals surface area contributed by atoms with E-state index in [4.69, 9.17) is 17.3 Å². The Labute approximate surface area is 100 Å². The average molecular weight is 242 g/mol. The molecule has 0 aliphatic carbocycles. The molecule has 1 unspecified atom stereocenters. The minimum absolute atomic E-state index is 0.330. The Kier molecular flexibility index (Phi) is 3.16. The number of rotatable bonds is 1. The lowest BCUT2D eigenvalue weighted by molar-refractivity contribution is 0.275. The number of hydrogen-bond acceptors (Lipinski definition) is 5. The molecule has 2 heterocycles. The maximum absolute atomic E-state index is 5.90. The Morgan fingerprint density at radius 2 is 2.19 bits per heavy atom. The summed E-state index contributed by atoms with van der Waals surface area (Å²) in [5.74, 6) is 0.751. The maximum atomic E-state index is 5.90. The number of likely N-dealkylation sites (N-methyl/N-ethyl adjacent to an activating group) is 1. The van der Waals surface area contributed by atoms with Gasteiger partial charge in [-0.15, -0.1) is 0 Å². The van der Waals surface area contributed by atoms with Crippen LogP contribution < -0.4 is 10.6 Å². The standard InChI is InChI=1S/C10H16ClN5/c1-7-5-15(2)3-4-16(7)10-8(12)9(11)13-6-14-10/h6-7H,3-5,12H2,1-2H3. The highest BCUT2D eigenvalue weighted by Gasteiger charge is 2.24. The summed E-state index contributed by atoms with van der Waals surface area (Å²) in [6, 6.07) is 0.381. The van der Waals surface area contributed by atoms with Crippen LogP contribution in [-0.4, -0.2) is 47.6 Å². The van der Waals surface area contributed by atoms with E-state index in [0.29, 0.717) is 16.9 Å². The Morgan fingerprint density at radius 3 is 2.88 bits per heavy atom. The van der Waals surface area contributed by atoms with Crippen molar-refractivity contribution >= 4 is 23.1 Å². The van der Waals surface area contributed by atoms with Crippen LogP contribution in [0.2, 0.25) is 5.15 Å². The molecule has 2 N–H and O–H groups in total. The second-order valence-electron chi connectivity index (χ2n) is 4.21. The fraction of sp³-hybridized carbons (Fsp3) is 0.600. The molecule has 1 atom stereocenters. The molecule has 0 aromatic carbocycles. The van der Waals surface area contributed by atoms with Gasteiger partial charge in [-0.1, -0.05) is 11.6 Å². The molecule has 0 bridgehead atoms. The SMILES string of the molecule is CC1CN(C)CCN1c1ncnc(Cl)c1N. The van der Waals surface area contributed by atoms with Gasteiger partial charge in [0.2, 0.25) is 0 Å². The van der Waals surface area contributed by atoms with E-state index in [2.05, 4.69) is 33.7 Å². The molecule has 6 heteroatoms. The Balaban J connectivity index is 2.27. The highest BCUT2D eigenvalue weighted by Crippen LogP contribution is 2.28. The van der Waals surface area contributed by atoms with E-state index in [1.54, 1.807) is 0 Å². The average Bonchev–Trinajstić information content (AvgIpc) is 2.23. The van der Waals surface area contributed by atoms with E-state index in [1.807, 2.05) is 0 Å². The summed E-state index contributed by atoms with van der Waals surface area (Å²) in [7, 11) is 2.12. The number of halogens is 1. The predicted octanol–water partition coefficient (Wildman–Crippen LogP) is 0.852. The molecule has 16 heavy (non-hydrogen) atoms. The zero-order valence-electron chi connectivity index (χ0n) is 9.52. The quantitative estimate of drug-likeness (QED) is 0.739. The lowest BCUT2D eigenvalue weighted by Gasteiger charge is -2.39. The second-order valence-corrected chi connectivity index (χ2v) is 4.56. The number of nitrogens with zero attached hydrogens (tertiary/aromatic N) is 4. The highest BCUT2D eigenvalue weighted by molar-refractivity contribution is 6.32. The molecule has 1 aromatic rings. The monoisotopic (exact) mass is 241 g/mol. The second kappa shape index (κ2) is 4.43. The summed E-state index contributed by atoms with van der Waals surface area (Å²) >= 11 is 5.90. The van der Waals surface area contributed by atoms with Crippen molar-refractivity contribution in [2.24, 2.45) is 0 Å². The zero-order chi connectivity index (χ0) is 11.7. The molecule has 2 rings (SSSR count). The van der Waals surface area contributed by atoms with E-state index in [0.717, 1.165) is 25.5 Å². The van der Waals surface area contributed by atoms with Gasteiger partial charge in [0.15, 0.2) is 11.0 Å². The van der Waals surface area contributed by atoms with E-state index >= 15 is 0 Å². The van der Waals surface area contributed by atoms with Crippen molar-refractivity contribution in [1.29, 1.82) is 0 Å². The lowest BCUT2D eigenvalue weighted by atomic mass is 10.2. The van der Waals surface area contributed by atoms with Gasteiger partial charge in [0.05, 0.1) is 0 Å². The highest BCUT2D eigenvalue weighted by atomic mass is 35.5. The lowest BCUT2D eigenvalue weighted by Crippen LogP contribution is -2.51. The van der Waals surface area contributed by atoms with Gasteiger partial charge < -0.3 is 15.5 Å². The maximum Gasteiger partial charge on any atom is 0.157 e. The van der Waals surface area contributed by atoms with Crippen LogP contribution in [0.1, 0.15) is 6.92 Å². The fourth-order valence-corrected chi connectivity index (χ4v) is 2.18. The van der Waals surface area contributed by atoms with Crippen molar-refractivity contribution < 1.29 is 0 Å². The van der Waals surface area contributed by atoms with Crippen molar-refractivity contribution in [1.82, 2.24) is 14.9 Å². The van der Waals surface area contributed by atoms with E-state index < -0.39 is 0 Å². The molecule has 88 valence electrons. The molecule has 0 amide bonds. The molecule has 0 spiro atoms. The van der Waals surface area contributed by atoms with Crippen LogP contribution in [0.15, 0.2) is 6.33 Å². The molecular weight excluding hydrogens is 226 g/mol. The molecule has 0 radical (unpaired) electrons. The van der Waals surface area contributed by atoms with Gasteiger partial charge in [-0.25, -0.2) is 9.97 Å². The smallest absolute Gasteiger partial charge is 0.157 e. The van der Waals surface area contributed by atoms with Gasteiger partial charge in [-0.05, 0) is 14.0 Å². The summed E-state index contributed by atoms with van der Waals surface area (Å²) < 4.78 is 0. The molecule has 1 aliphatic rings. The van der Waals surface area contributed by atoms with Gasteiger partial charge in [-0.2, -0.15) is 0 Å².